The summed E-state index contributed by atoms with van der Waals surface area (Å²) >= 11 is 0. The standard InChI is InChI=1S/C11H12O2/c1-12-9-2-3-10-8(6-9)4-5-11(10)7-13-11/h2-3,6H,4-5,7H2,1H3. The Morgan fingerprint density at radius 3 is 3.00 bits per heavy atom. The fourth-order valence-corrected chi connectivity index (χ4v) is 2.21. The average Bonchev–Trinajstić information content (AvgIpc) is 2.86. The van der Waals surface area contributed by atoms with Crippen molar-refractivity contribution < 1.29 is 9.47 Å². The van der Waals surface area contributed by atoms with E-state index in [1.165, 1.54) is 11.1 Å². The number of hydrogen-bond donors (Lipinski definition) is 0. The largest absolute Gasteiger partial charge is 0.497 e. The third kappa shape index (κ3) is 0.923. The topological polar surface area (TPSA) is 21.8 Å². The molecule has 68 valence electrons. The van der Waals surface area contributed by atoms with E-state index in [0.717, 1.165) is 25.2 Å². The Labute approximate surface area is 77.5 Å². The number of rotatable bonds is 1. The van der Waals surface area contributed by atoms with Crippen LogP contribution in [0.1, 0.15) is 17.5 Å². The van der Waals surface area contributed by atoms with Gasteiger partial charge >= 0.3 is 0 Å². The van der Waals surface area contributed by atoms with Gasteiger partial charge in [-0.05, 0) is 36.1 Å². The second kappa shape index (κ2) is 2.26. The van der Waals surface area contributed by atoms with Gasteiger partial charge in [-0.15, -0.1) is 0 Å². The molecule has 1 atom stereocenters. The first kappa shape index (κ1) is 7.39. The lowest BCUT2D eigenvalue weighted by Gasteiger charge is -2.05. The van der Waals surface area contributed by atoms with Crippen LogP contribution >= 0.6 is 0 Å². The second-order valence-electron chi connectivity index (χ2n) is 3.81. The molecule has 1 aliphatic heterocycles. The van der Waals surface area contributed by atoms with E-state index in [2.05, 4.69) is 12.1 Å². The molecule has 1 heterocycles. The maximum Gasteiger partial charge on any atom is 0.119 e. The maximum atomic E-state index is 5.52. The smallest absolute Gasteiger partial charge is 0.119 e. The van der Waals surface area contributed by atoms with Gasteiger partial charge in [-0.3, -0.25) is 0 Å². The molecular weight excluding hydrogens is 164 g/mol. The number of hydrogen-bond acceptors (Lipinski definition) is 2. The molecular formula is C11H12O2. The number of methoxy groups -OCH3 is 1. The zero-order valence-corrected chi connectivity index (χ0v) is 7.67. The highest BCUT2D eigenvalue weighted by Gasteiger charge is 2.50. The molecule has 0 bridgehead atoms. The molecule has 13 heavy (non-hydrogen) atoms. The minimum absolute atomic E-state index is 0.113. The Hall–Kier alpha value is -1.02. The third-order valence-corrected chi connectivity index (χ3v) is 3.09. The van der Waals surface area contributed by atoms with Gasteiger partial charge in [0.2, 0.25) is 0 Å². The summed E-state index contributed by atoms with van der Waals surface area (Å²) in [5.41, 5.74) is 2.90. The fourth-order valence-electron chi connectivity index (χ4n) is 2.21. The van der Waals surface area contributed by atoms with Crippen LogP contribution in [0.3, 0.4) is 0 Å². The minimum Gasteiger partial charge on any atom is -0.497 e. The van der Waals surface area contributed by atoms with Gasteiger partial charge in [0.15, 0.2) is 0 Å². The van der Waals surface area contributed by atoms with E-state index in [4.69, 9.17) is 9.47 Å². The number of aryl methyl sites for hydroxylation is 1. The molecule has 1 unspecified atom stereocenters. The first-order chi connectivity index (χ1) is 6.34. The van der Waals surface area contributed by atoms with E-state index in [1.807, 2.05) is 6.07 Å². The van der Waals surface area contributed by atoms with Crippen LogP contribution in [-0.2, 0) is 16.8 Å². The van der Waals surface area contributed by atoms with Gasteiger partial charge in [-0.25, -0.2) is 0 Å². The van der Waals surface area contributed by atoms with Crippen LogP contribution < -0.4 is 4.74 Å². The van der Waals surface area contributed by atoms with E-state index < -0.39 is 0 Å². The second-order valence-corrected chi connectivity index (χ2v) is 3.81. The minimum atomic E-state index is 0.113. The lowest BCUT2D eigenvalue weighted by atomic mass is 10.0. The summed E-state index contributed by atoms with van der Waals surface area (Å²) in [4.78, 5) is 0. The van der Waals surface area contributed by atoms with Crippen molar-refractivity contribution in [3.8, 4) is 5.75 Å². The number of benzene rings is 1. The molecule has 3 rings (SSSR count). The van der Waals surface area contributed by atoms with Crippen molar-refractivity contribution in [3.63, 3.8) is 0 Å². The molecule has 0 saturated carbocycles. The predicted molar refractivity (Wildman–Crippen MR) is 48.9 cm³/mol. The van der Waals surface area contributed by atoms with Crippen LogP contribution in [0.25, 0.3) is 0 Å². The summed E-state index contributed by atoms with van der Waals surface area (Å²) in [6.45, 7) is 0.909. The Morgan fingerprint density at radius 1 is 1.46 bits per heavy atom. The van der Waals surface area contributed by atoms with Crippen molar-refractivity contribution in [2.24, 2.45) is 0 Å². The summed E-state index contributed by atoms with van der Waals surface area (Å²) in [6.07, 6.45) is 2.28. The first-order valence-corrected chi connectivity index (χ1v) is 4.65. The van der Waals surface area contributed by atoms with E-state index in [1.54, 1.807) is 7.11 Å². The van der Waals surface area contributed by atoms with Crippen LogP contribution in [0.4, 0.5) is 0 Å². The van der Waals surface area contributed by atoms with Crippen molar-refractivity contribution in [2.75, 3.05) is 13.7 Å². The normalized spacial score (nSPS) is 29.0. The lowest BCUT2D eigenvalue weighted by molar-refractivity contribution is 0.308. The summed E-state index contributed by atoms with van der Waals surface area (Å²) < 4.78 is 10.7. The van der Waals surface area contributed by atoms with Crippen molar-refractivity contribution >= 4 is 0 Å². The SMILES string of the molecule is COc1ccc2c(c1)CCC21CO1. The summed E-state index contributed by atoms with van der Waals surface area (Å²) in [6, 6.07) is 6.30. The molecule has 1 saturated heterocycles. The average molecular weight is 176 g/mol. The van der Waals surface area contributed by atoms with Gasteiger partial charge in [-0.1, -0.05) is 6.07 Å². The van der Waals surface area contributed by atoms with Crippen molar-refractivity contribution in [1.82, 2.24) is 0 Å². The Bertz CT molecular complexity index is 353. The lowest BCUT2D eigenvalue weighted by Crippen LogP contribution is -2.01. The van der Waals surface area contributed by atoms with Crippen LogP contribution in [0.2, 0.25) is 0 Å². The molecule has 1 aromatic carbocycles. The molecule has 0 amide bonds. The van der Waals surface area contributed by atoms with E-state index in [9.17, 15) is 0 Å². The molecule has 1 spiro atoms. The fraction of sp³-hybridized carbons (Fsp3) is 0.455. The molecule has 1 fully saturated rings. The van der Waals surface area contributed by atoms with Gasteiger partial charge in [0.25, 0.3) is 0 Å². The Balaban J connectivity index is 2.09. The van der Waals surface area contributed by atoms with Crippen LogP contribution in [0, 0.1) is 0 Å². The quantitative estimate of drug-likeness (QED) is 0.609. The van der Waals surface area contributed by atoms with Gasteiger partial charge in [0.05, 0.1) is 13.7 Å². The van der Waals surface area contributed by atoms with Gasteiger partial charge in [-0.2, -0.15) is 0 Å². The first-order valence-electron chi connectivity index (χ1n) is 4.65. The Kier molecular flexibility index (Phi) is 1.29. The van der Waals surface area contributed by atoms with Crippen LogP contribution in [0.5, 0.6) is 5.75 Å². The van der Waals surface area contributed by atoms with Crippen molar-refractivity contribution in [1.29, 1.82) is 0 Å². The molecule has 2 heteroatoms. The van der Waals surface area contributed by atoms with E-state index in [0.29, 0.717) is 0 Å². The maximum absolute atomic E-state index is 5.52. The van der Waals surface area contributed by atoms with Crippen LogP contribution in [-0.4, -0.2) is 13.7 Å². The zero-order chi connectivity index (χ0) is 8.89. The van der Waals surface area contributed by atoms with Gasteiger partial charge < -0.3 is 9.47 Å². The molecule has 1 aromatic rings. The third-order valence-electron chi connectivity index (χ3n) is 3.09. The zero-order valence-electron chi connectivity index (χ0n) is 7.67. The van der Waals surface area contributed by atoms with Crippen molar-refractivity contribution in [2.45, 2.75) is 18.4 Å². The molecule has 0 aromatic heterocycles. The highest BCUT2D eigenvalue weighted by atomic mass is 16.6. The number of fused-ring (bicyclic) bond motifs is 2. The molecule has 0 N–H and O–H groups in total. The van der Waals surface area contributed by atoms with Gasteiger partial charge in [0, 0.05) is 0 Å². The highest BCUT2D eigenvalue weighted by Crippen LogP contribution is 2.49. The molecule has 0 radical (unpaired) electrons. The number of ether oxygens (including phenoxy) is 2. The molecule has 1 aliphatic carbocycles. The van der Waals surface area contributed by atoms with Crippen molar-refractivity contribution in [3.05, 3.63) is 29.3 Å². The van der Waals surface area contributed by atoms with Gasteiger partial charge in [0.1, 0.15) is 11.4 Å². The molecule has 2 nitrogen and oxygen atoms in total. The number of epoxide rings is 1. The van der Waals surface area contributed by atoms with E-state index >= 15 is 0 Å². The summed E-state index contributed by atoms with van der Waals surface area (Å²) in [5.74, 6) is 0.955. The van der Waals surface area contributed by atoms with Crippen LogP contribution in [0.15, 0.2) is 18.2 Å². The van der Waals surface area contributed by atoms with E-state index in [-0.39, 0.29) is 5.60 Å². The predicted octanol–water partition coefficient (Wildman–Crippen LogP) is 1.87. The summed E-state index contributed by atoms with van der Waals surface area (Å²) in [5, 5.41) is 0. The highest BCUT2D eigenvalue weighted by molar-refractivity contribution is 5.44. The summed E-state index contributed by atoms with van der Waals surface area (Å²) in [7, 11) is 1.71. The molecule has 2 aliphatic rings. The monoisotopic (exact) mass is 176 g/mol. The Morgan fingerprint density at radius 2 is 2.31 bits per heavy atom.